The summed E-state index contributed by atoms with van der Waals surface area (Å²) in [4.78, 5) is 23.3. The van der Waals surface area contributed by atoms with E-state index in [1.54, 1.807) is 44.4 Å². The van der Waals surface area contributed by atoms with Crippen molar-refractivity contribution in [2.75, 3.05) is 13.7 Å². The van der Waals surface area contributed by atoms with Crippen molar-refractivity contribution >= 4 is 18.0 Å². The van der Waals surface area contributed by atoms with Crippen molar-refractivity contribution in [1.82, 2.24) is 5.32 Å². The lowest BCUT2D eigenvalue weighted by Crippen LogP contribution is -2.21. The Kier molecular flexibility index (Phi) is 4.27. The third-order valence-corrected chi connectivity index (χ3v) is 2.87. The van der Waals surface area contributed by atoms with Gasteiger partial charge in [-0.15, -0.1) is 0 Å². The maximum Gasteiger partial charge on any atom is 0.347 e. The molecule has 2 N–H and O–H groups in total. The zero-order valence-corrected chi connectivity index (χ0v) is 11.7. The van der Waals surface area contributed by atoms with E-state index in [0.717, 1.165) is 5.56 Å². The minimum absolute atomic E-state index is 0.125. The van der Waals surface area contributed by atoms with E-state index in [2.05, 4.69) is 5.32 Å². The van der Waals surface area contributed by atoms with Gasteiger partial charge in [0.25, 0.3) is 5.91 Å². The third kappa shape index (κ3) is 3.05. The molecule has 0 saturated carbocycles. The molecule has 1 aromatic carbocycles. The Balaban J connectivity index is 2.30. The Hall–Kier alpha value is -2.76. The van der Waals surface area contributed by atoms with Crippen LogP contribution < -0.4 is 10.1 Å². The molecule has 2 rings (SSSR count). The first-order chi connectivity index (χ1) is 10.1. The fourth-order valence-corrected chi connectivity index (χ4v) is 1.85. The average Bonchev–Trinajstić information content (AvgIpc) is 2.74. The molecule has 0 atom stereocenters. The summed E-state index contributed by atoms with van der Waals surface area (Å²) in [5, 5.41) is 12.4. The molecule has 1 amide bonds. The standard InChI is InChI=1S/C15H15NO5/c1-3-21-15(19)12-13(17)11(16-14(12)18)8-9-4-6-10(20-2)7-5-9/h4-8,17H,3H2,1-2H3,(H,16,18)/b11-8+. The van der Waals surface area contributed by atoms with Gasteiger partial charge in [0.05, 0.1) is 19.4 Å². The summed E-state index contributed by atoms with van der Waals surface area (Å²) >= 11 is 0. The molecule has 6 nitrogen and oxygen atoms in total. The second kappa shape index (κ2) is 6.13. The van der Waals surface area contributed by atoms with Gasteiger partial charge in [-0.3, -0.25) is 4.79 Å². The lowest BCUT2D eigenvalue weighted by atomic mass is 10.1. The van der Waals surface area contributed by atoms with Crippen LogP contribution in [0.2, 0.25) is 0 Å². The highest BCUT2D eigenvalue weighted by Gasteiger charge is 2.33. The molecule has 1 aliphatic heterocycles. The number of nitrogens with one attached hydrogen (secondary N) is 1. The van der Waals surface area contributed by atoms with Gasteiger partial charge < -0.3 is 19.9 Å². The first kappa shape index (κ1) is 14.6. The third-order valence-electron chi connectivity index (χ3n) is 2.87. The zero-order chi connectivity index (χ0) is 15.4. The van der Waals surface area contributed by atoms with Gasteiger partial charge in [-0.05, 0) is 30.7 Å². The van der Waals surface area contributed by atoms with E-state index in [1.807, 2.05) is 0 Å². The van der Waals surface area contributed by atoms with Gasteiger partial charge in [-0.25, -0.2) is 4.79 Å². The number of hydrogen-bond donors (Lipinski definition) is 2. The maximum absolute atomic E-state index is 11.7. The molecular formula is C15H15NO5. The molecule has 1 aliphatic rings. The van der Waals surface area contributed by atoms with Crippen LogP contribution in [0.1, 0.15) is 12.5 Å². The van der Waals surface area contributed by atoms with E-state index in [9.17, 15) is 14.7 Å². The minimum atomic E-state index is -0.842. The smallest absolute Gasteiger partial charge is 0.347 e. The van der Waals surface area contributed by atoms with Crippen molar-refractivity contribution in [2.24, 2.45) is 0 Å². The Morgan fingerprint density at radius 2 is 2.00 bits per heavy atom. The van der Waals surface area contributed by atoms with Crippen LogP contribution >= 0.6 is 0 Å². The number of ether oxygens (including phenoxy) is 2. The molecule has 1 heterocycles. The molecule has 110 valence electrons. The molecule has 0 spiro atoms. The molecule has 0 fully saturated rings. The van der Waals surface area contributed by atoms with Gasteiger partial charge in [0.2, 0.25) is 0 Å². The topological polar surface area (TPSA) is 84.9 Å². The van der Waals surface area contributed by atoms with Crippen molar-refractivity contribution in [3.63, 3.8) is 0 Å². The number of aliphatic hydroxyl groups is 1. The number of aliphatic hydroxyl groups excluding tert-OH is 1. The van der Waals surface area contributed by atoms with Gasteiger partial charge in [0, 0.05) is 0 Å². The number of esters is 1. The van der Waals surface area contributed by atoms with E-state index in [0.29, 0.717) is 5.75 Å². The second-order valence-electron chi connectivity index (χ2n) is 4.23. The van der Waals surface area contributed by atoms with E-state index in [1.165, 1.54) is 0 Å². The number of hydrogen-bond acceptors (Lipinski definition) is 5. The van der Waals surface area contributed by atoms with Gasteiger partial charge >= 0.3 is 5.97 Å². The summed E-state index contributed by atoms with van der Waals surface area (Å²) in [7, 11) is 1.56. The normalized spacial score (nSPS) is 16.1. The number of rotatable bonds is 4. The summed E-state index contributed by atoms with van der Waals surface area (Å²) in [6.45, 7) is 1.75. The highest BCUT2D eigenvalue weighted by atomic mass is 16.5. The van der Waals surface area contributed by atoms with E-state index >= 15 is 0 Å². The zero-order valence-electron chi connectivity index (χ0n) is 11.7. The van der Waals surface area contributed by atoms with Gasteiger partial charge in [0.15, 0.2) is 11.3 Å². The van der Waals surface area contributed by atoms with Crippen molar-refractivity contribution < 1.29 is 24.2 Å². The van der Waals surface area contributed by atoms with Crippen LogP contribution in [-0.4, -0.2) is 30.7 Å². The summed E-state index contributed by atoms with van der Waals surface area (Å²) in [5.41, 5.74) is 0.521. The van der Waals surface area contributed by atoms with E-state index in [4.69, 9.17) is 9.47 Å². The molecule has 0 bridgehead atoms. The predicted octanol–water partition coefficient (Wildman–Crippen LogP) is 1.54. The highest BCUT2D eigenvalue weighted by molar-refractivity contribution is 6.20. The minimum Gasteiger partial charge on any atom is -0.505 e. The predicted molar refractivity (Wildman–Crippen MR) is 75.4 cm³/mol. The fraction of sp³-hybridized carbons (Fsp3) is 0.200. The average molecular weight is 289 g/mol. The second-order valence-corrected chi connectivity index (χ2v) is 4.23. The van der Waals surface area contributed by atoms with Crippen molar-refractivity contribution in [2.45, 2.75) is 6.92 Å². The monoisotopic (exact) mass is 289 g/mol. The Bertz CT molecular complexity index is 628. The van der Waals surface area contributed by atoms with Crippen LogP contribution in [0.5, 0.6) is 5.75 Å². The SMILES string of the molecule is CCOC(=O)C1=C(O)/C(=C\c2ccc(OC)cc2)NC1=O. The largest absolute Gasteiger partial charge is 0.505 e. The first-order valence-corrected chi connectivity index (χ1v) is 6.34. The van der Waals surface area contributed by atoms with Crippen LogP contribution in [0, 0.1) is 0 Å². The number of amides is 1. The van der Waals surface area contributed by atoms with Crippen LogP contribution in [0.25, 0.3) is 6.08 Å². The summed E-state index contributed by atoms with van der Waals surface area (Å²) in [6.07, 6.45) is 1.55. The molecule has 0 unspecified atom stereocenters. The molecule has 6 heteroatoms. The maximum atomic E-state index is 11.7. The molecule has 21 heavy (non-hydrogen) atoms. The van der Waals surface area contributed by atoms with Gasteiger partial charge in [-0.1, -0.05) is 12.1 Å². The quantitative estimate of drug-likeness (QED) is 0.649. The molecular weight excluding hydrogens is 274 g/mol. The van der Waals surface area contributed by atoms with Crippen LogP contribution in [0.15, 0.2) is 41.3 Å². The van der Waals surface area contributed by atoms with Crippen molar-refractivity contribution in [3.8, 4) is 5.75 Å². The molecule has 0 aliphatic carbocycles. The summed E-state index contributed by atoms with van der Waals surface area (Å²) in [5.74, 6) is -1.23. The molecule has 0 aromatic heterocycles. The van der Waals surface area contributed by atoms with Crippen LogP contribution in [0.4, 0.5) is 0 Å². The Morgan fingerprint density at radius 3 is 2.57 bits per heavy atom. The summed E-state index contributed by atoms with van der Waals surface area (Å²) in [6, 6.07) is 7.01. The molecule has 1 aromatic rings. The molecule has 0 radical (unpaired) electrons. The first-order valence-electron chi connectivity index (χ1n) is 6.34. The number of carbonyl (C=O) groups is 2. The van der Waals surface area contributed by atoms with Crippen molar-refractivity contribution in [1.29, 1.82) is 0 Å². The van der Waals surface area contributed by atoms with E-state index in [-0.39, 0.29) is 17.9 Å². The lowest BCUT2D eigenvalue weighted by molar-refractivity contribution is -0.140. The lowest BCUT2D eigenvalue weighted by Gasteiger charge is -2.02. The van der Waals surface area contributed by atoms with Gasteiger partial charge in [-0.2, -0.15) is 0 Å². The number of benzene rings is 1. The highest BCUT2D eigenvalue weighted by Crippen LogP contribution is 2.22. The Labute approximate surface area is 121 Å². The van der Waals surface area contributed by atoms with Crippen molar-refractivity contribution in [3.05, 3.63) is 46.9 Å². The summed E-state index contributed by atoms with van der Waals surface area (Å²) < 4.78 is 9.78. The number of carbonyl (C=O) groups excluding carboxylic acids is 2. The van der Waals surface area contributed by atoms with E-state index < -0.39 is 17.6 Å². The molecule has 0 saturated heterocycles. The van der Waals surface area contributed by atoms with Gasteiger partial charge in [0.1, 0.15) is 5.75 Å². The van der Waals surface area contributed by atoms with Crippen LogP contribution in [-0.2, 0) is 14.3 Å². The Morgan fingerprint density at radius 1 is 1.33 bits per heavy atom. The fourth-order valence-electron chi connectivity index (χ4n) is 1.85. The van der Waals surface area contributed by atoms with Crippen LogP contribution in [0.3, 0.4) is 0 Å². The number of methoxy groups -OCH3 is 1.